The third-order valence-electron chi connectivity index (χ3n) is 5.38. The van der Waals surface area contributed by atoms with Crippen LogP contribution in [0, 0.1) is 0 Å². The Bertz CT molecular complexity index is 1100. The van der Waals surface area contributed by atoms with E-state index in [-0.39, 0.29) is 30.0 Å². The number of benzene rings is 1. The lowest BCUT2D eigenvalue weighted by Gasteiger charge is -2.25. The fraction of sp³-hybridized carbons (Fsp3) is 0.409. The van der Waals surface area contributed by atoms with Crippen molar-refractivity contribution in [1.82, 2.24) is 25.6 Å². The van der Waals surface area contributed by atoms with E-state index in [4.69, 9.17) is 17.3 Å². The van der Waals surface area contributed by atoms with Gasteiger partial charge in [0.1, 0.15) is 18.1 Å². The van der Waals surface area contributed by atoms with Gasteiger partial charge in [0.25, 0.3) is 0 Å². The van der Waals surface area contributed by atoms with Crippen LogP contribution in [0.15, 0.2) is 30.3 Å². The number of amides is 3. The molecule has 1 aromatic carbocycles. The summed E-state index contributed by atoms with van der Waals surface area (Å²) in [7, 11) is 0. The SMILES string of the molecule is NC(=O)[C@H]1CCCCNc2nc(Cl)nc(n2)N[C@@H](CC(=O)O)C(=O)N[C@@H](Cc2ccccc2)C(=O)N1. The third kappa shape index (κ3) is 8.05. The highest BCUT2D eigenvalue weighted by Crippen LogP contribution is 2.14. The van der Waals surface area contributed by atoms with Gasteiger partial charge in [-0.25, -0.2) is 0 Å². The summed E-state index contributed by atoms with van der Waals surface area (Å²) < 4.78 is 0. The second-order valence-corrected chi connectivity index (χ2v) is 8.52. The van der Waals surface area contributed by atoms with E-state index < -0.39 is 48.2 Å². The normalized spacial score (nSPS) is 21.3. The largest absolute Gasteiger partial charge is 0.481 e. The number of carboxylic acid groups (broad SMARTS) is 1. The Hall–Kier alpha value is -4.00. The van der Waals surface area contributed by atoms with E-state index in [1.165, 1.54) is 0 Å². The summed E-state index contributed by atoms with van der Waals surface area (Å²) in [5.41, 5.74) is 6.24. The molecule has 2 heterocycles. The maximum Gasteiger partial charge on any atom is 0.305 e. The Balaban J connectivity index is 1.94. The number of rotatable bonds is 5. The van der Waals surface area contributed by atoms with Gasteiger partial charge < -0.3 is 32.1 Å². The summed E-state index contributed by atoms with van der Waals surface area (Å²) in [6.07, 6.45) is 0.872. The molecular weight excluding hydrogens is 492 g/mol. The van der Waals surface area contributed by atoms with Crippen molar-refractivity contribution in [2.24, 2.45) is 5.73 Å². The molecule has 3 rings (SSSR count). The monoisotopic (exact) mass is 518 g/mol. The van der Waals surface area contributed by atoms with Gasteiger partial charge in [0.05, 0.1) is 6.42 Å². The number of nitrogens with zero attached hydrogens (tertiary/aromatic N) is 3. The average Bonchev–Trinajstić information content (AvgIpc) is 2.81. The molecule has 3 amide bonds. The predicted octanol–water partition coefficient (Wildman–Crippen LogP) is 0.0736. The molecule has 0 radical (unpaired) electrons. The van der Waals surface area contributed by atoms with Crippen LogP contribution < -0.4 is 27.0 Å². The minimum absolute atomic E-state index is 0.0926. The van der Waals surface area contributed by atoms with Crippen molar-refractivity contribution >= 4 is 47.2 Å². The van der Waals surface area contributed by atoms with E-state index in [0.717, 1.165) is 5.56 Å². The molecule has 13 nitrogen and oxygen atoms in total. The summed E-state index contributed by atoms with van der Waals surface area (Å²) in [5.74, 6) is -3.37. The van der Waals surface area contributed by atoms with E-state index in [2.05, 4.69) is 36.2 Å². The number of aromatic nitrogens is 3. The zero-order chi connectivity index (χ0) is 26.1. The van der Waals surface area contributed by atoms with Gasteiger partial charge in [-0.15, -0.1) is 0 Å². The van der Waals surface area contributed by atoms with E-state index in [0.29, 0.717) is 19.4 Å². The lowest BCUT2D eigenvalue weighted by Crippen LogP contribution is -2.56. The molecule has 0 aliphatic carbocycles. The number of hydrogen-bond donors (Lipinski definition) is 6. The first-order valence-electron chi connectivity index (χ1n) is 11.3. The third-order valence-corrected chi connectivity index (χ3v) is 5.55. The number of carbonyl (C=O) groups excluding carboxylic acids is 3. The number of hydrogen-bond acceptors (Lipinski definition) is 9. The minimum atomic E-state index is -1.35. The van der Waals surface area contributed by atoms with Crippen LogP contribution in [0.25, 0.3) is 0 Å². The summed E-state index contributed by atoms with van der Waals surface area (Å²) in [5, 5.41) is 20.0. The Morgan fingerprint density at radius 1 is 0.972 bits per heavy atom. The molecule has 14 heteroatoms. The summed E-state index contributed by atoms with van der Waals surface area (Å²) >= 11 is 5.97. The van der Waals surface area contributed by atoms with Gasteiger partial charge >= 0.3 is 5.97 Å². The summed E-state index contributed by atoms with van der Waals surface area (Å²) in [6.45, 7) is 0.412. The van der Waals surface area contributed by atoms with Crippen LogP contribution in [-0.4, -0.2) is 68.4 Å². The number of carbonyl (C=O) groups is 4. The minimum Gasteiger partial charge on any atom is -0.481 e. The fourth-order valence-corrected chi connectivity index (χ4v) is 3.76. The van der Waals surface area contributed by atoms with Gasteiger partial charge in [-0.05, 0) is 36.4 Å². The molecule has 0 saturated heterocycles. The second kappa shape index (κ2) is 12.6. The lowest BCUT2D eigenvalue weighted by atomic mass is 10.0. The van der Waals surface area contributed by atoms with Crippen LogP contribution in [-0.2, 0) is 25.6 Å². The van der Waals surface area contributed by atoms with Crippen molar-refractivity contribution in [3.63, 3.8) is 0 Å². The van der Waals surface area contributed by atoms with Crippen molar-refractivity contribution in [2.75, 3.05) is 17.2 Å². The number of nitrogens with one attached hydrogen (secondary N) is 4. The summed E-state index contributed by atoms with van der Waals surface area (Å²) in [4.78, 5) is 61.8. The molecule has 3 atom stereocenters. The number of anilines is 2. The smallest absolute Gasteiger partial charge is 0.305 e. The first kappa shape index (κ1) is 26.6. The maximum atomic E-state index is 13.2. The molecule has 1 aliphatic rings. The first-order valence-corrected chi connectivity index (χ1v) is 11.7. The molecule has 1 aromatic heterocycles. The standard InChI is InChI=1S/C22H27ClN8O5/c23-20-29-21-25-9-5-4-8-13(17(24)34)26-18(35)14(10-12-6-2-1-3-7-12)27-19(36)15(11-16(32)33)28-22(30-20)31-21/h1-3,6-7,13-15H,4-5,8-11H2,(H2,24,34)(H,26,35)(H,27,36)(H,32,33)(H2,25,28,29,30,31)/t13-,14+,15+/m1/s1. The van der Waals surface area contributed by atoms with Gasteiger partial charge in [0, 0.05) is 13.0 Å². The van der Waals surface area contributed by atoms with Gasteiger partial charge in [0.15, 0.2) is 0 Å². The Morgan fingerprint density at radius 3 is 2.36 bits per heavy atom. The molecule has 2 bridgehead atoms. The molecule has 2 aromatic rings. The van der Waals surface area contributed by atoms with Crippen LogP contribution in [0.5, 0.6) is 0 Å². The Morgan fingerprint density at radius 2 is 1.67 bits per heavy atom. The number of aliphatic carboxylic acids is 1. The van der Waals surface area contributed by atoms with E-state index >= 15 is 0 Å². The van der Waals surface area contributed by atoms with Crippen molar-refractivity contribution < 1.29 is 24.3 Å². The molecule has 192 valence electrons. The number of halogens is 1. The molecule has 0 fully saturated rings. The van der Waals surface area contributed by atoms with Crippen molar-refractivity contribution in [3.8, 4) is 0 Å². The number of carboxylic acids is 1. The molecule has 36 heavy (non-hydrogen) atoms. The van der Waals surface area contributed by atoms with Crippen LogP contribution in [0.4, 0.5) is 11.9 Å². The molecule has 0 unspecified atom stereocenters. The number of fused-ring (bicyclic) bond motifs is 2. The van der Waals surface area contributed by atoms with E-state index in [1.807, 2.05) is 0 Å². The highest BCUT2D eigenvalue weighted by atomic mass is 35.5. The van der Waals surface area contributed by atoms with Gasteiger partial charge in [-0.3, -0.25) is 19.2 Å². The fourth-order valence-electron chi connectivity index (χ4n) is 3.60. The van der Waals surface area contributed by atoms with E-state index in [9.17, 15) is 24.3 Å². The van der Waals surface area contributed by atoms with Gasteiger partial charge in [-0.2, -0.15) is 15.0 Å². The summed E-state index contributed by atoms with van der Waals surface area (Å²) in [6, 6.07) is 5.50. The highest BCUT2D eigenvalue weighted by molar-refractivity contribution is 6.28. The zero-order valence-corrected chi connectivity index (χ0v) is 20.0. The number of nitrogens with two attached hydrogens (primary N) is 1. The van der Waals surface area contributed by atoms with Crippen molar-refractivity contribution in [3.05, 3.63) is 41.2 Å². The van der Waals surface area contributed by atoms with Crippen LogP contribution in [0.1, 0.15) is 31.2 Å². The second-order valence-electron chi connectivity index (χ2n) is 8.18. The molecule has 1 aliphatic heterocycles. The molecule has 7 N–H and O–H groups in total. The van der Waals surface area contributed by atoms with Crippen LogP contribution >= 0.6 is 11.6 Å². The molecular formula is C22H27ClN8O5. The average molecular weight is 519 g/mol. The van der Waals surface area contributed by atoms with Crippen LogP contribution in [0.3, 0.4) is 0 Å². The zero-order valence-electron chi connectivity index (χ0n) is 19.2. The first-order chi connectivity index (χ1) is 17.2. The lowest BCUT2D eigenvalue weighted by molar-refractivity contribution is -0.139. The van der Waals surface area contributed by atoms with E-state index in [1.54, 1.807) is 30.3 Å². The Kier molecular flexibility index (Phi) is 9.33. The topological polar surface area (TPSA) is 201 Å². The predicted molar refractivity (Wildman–Crippen MR) is 130 cm³/mol. The van der Waals surface area contributed by atoms with Gasteiger partial charge in [-0.1, -0.05) is 30.3 Å². The quantitative estimate of drug-likeness (QED) is 0.314. The highest BCUT2D eigenvalue weighted by Gasteiger charge is 2.30. The molecule has 0 saturated carbocycles. The van der Waals surface area contributed by atoms with Crippen molar-refractivity contribution in [2.45, 2.75) is 50.2 Å². The van der Waals surface area contributed by atoms with Crippen LogP contribution in [0.2, 0.25) is 5.28 Å². The number of primary amides is 1. The Labute approximate surface area is 211 Å². The molecule has 0 spiro atoms. The van der Waals surface area contributed by atoms with Gasteiger partial charge in [0.2, 0.25) is 34.9 Å². The van der Waals surface area contributed by atoms with Crippen molar-refractivity contribution in [1.29, 1.82) is 0 Å². The maximum absolute atomic E-state index is 13.2.